The molecule has 0 spiro atoms. The monoisotopic (exact) mass is 372 g/mol. The summed E-state index contributed by atoms with van der Waals surface area (Å²) in [7, 11) is 0. The van der Waals surface area contributed by atoms with E-state index in [1.165, 1.54) is 11.0 Å². The molecular weight excluding hydrogens is 352 g/mol. The molecule has 2 amide bonds. The van der Waals surface area contributed by atoms with E-state index in [0.29, 0.717) is 19.5 Å². The van der Waals surface area contributed by atoms with Gasteiger partial charge in [0.15, 0.2) is 17.2 Å². The standard InChI is InChI=1S/C19H20N2O6/c22-14-5-2-1-4-13(14)19(27)21-7-3-6-20(8-9-21)18(26)12-10-15(23)17(25)16(24)11-12/h1-2,4-5,10-11,22-25H,3,6-9H2. The van der Waals surface area contributed by atoms with Gasteiger partial charge in [0, 0.05) is 31.7 Å². The third-order valence-electron chi connectivity index (χ3n) is 4.52. The molecule has 0 aromatic heterocycles. The van der Waals surface area contributed by atoms with Gasteiger partial charge in [-0.25, -0.2) is 0 Å². The quantitative estimate of drug-likeness (QED) is 0.593. The first kappa shape index (κ1) is 18.4. The highest BCUT2D eigenvalue weighted by Crippen LogP contribution is 2.35. The average Bonchev–Trinajstić information content (AvgIpc) is 2.91. The van der Waals surface area contributed by atoms with Crippen LogP contribution in [0.25, 0.3) is 0 Å². The second-order valence-electron chi connectivity index (χ2n) is 6.32. The summed E-state index contributed by atoms with van der Waals surface area (Å²) in [6.07, 6.45) is 0.543. The number of hydrogen-bond donors (Lipinski definition) is 4. The van der Waals surface area contributed by atoms with E-state index in [1.54, 1.807) is 23.1 Å². The van der Waals surface area contributed by atoms with Crippen molar-refractivity contribution in [1.29, 1.82) is 0 Å². The predicted molar refractivity (Wildman–Crippen MR) is 96.0 cm³/mol. The molecule has 3 rings (SSSR count). The second-order valence-corrected chi connectivity index (χ2v) is 6.32. The molecule has 1 saturated heterocycles. The first-order chi connectivity index (χ1) is 12.9. The molecule has 0 radical (unpaired) electrons. The van der Waals surface area contributed by atoms with E-state index in [9.17, 15) is 30.0 Å². The molecule has 8 heteroatoms. The molecule has 1 aliphatic rings. The van der Waals surface area contributed by atoms with Crippen molar-refractivity contribution < 1.29 is 30.0 Å². The van der Waals surface area contributed by atoms with Gasteiger partial charge in [0.05, 0.1) is 5.56 Å². The zero-order valence-corrected chi connectivity index (χ0v) is 14.5. The Bertz CT molecular complexity index is 859. The topological polar surface area (TPSA) is 122 Å². The molecule has 142 valence electrons. The number of amides is 2. The minimum Gasteiger partial charge on any atom is -0.507 e. The van der Waals surface area contributed by atoms with Crippen LogP contribution in [-0.4, -0.2) is 68.2 Å². The van der Waals surface area contributed by atoms with Gasteiger partial charge in [0.2, 0.25) is 0 Å². The Morgan fingerprint density at radius 1 is 0.741 bits per heavy atom. The first-order valence-electron chi connectivity index (χ1n) is 8.50. The molecule has 0 bridgehead atoms. The highest BCUT2D eigenvalue weighted by atomic mass is 16.3. The Balaban J connectivity index is 1.72. The summed E-state index contributed by atoms with van der Waals surface area (Å²) in [5.74, 6) is -2.65. The van der Waals surface area contributed by atoms with E-state index in [0.717, 1.165) is 12.1 Å². The molecule has 27 heavy (non-hydrogen) atoms. The van der Waals surface area contributed by atoms with Crippen molar-refractivity contribution in [2.45, 2.75) is 6.42 Å². The fraction of sp³-hybridized carbons (Fsp3) is 0.263. The molecule has 2 aromatic rings. The van der Waals surface area contributed by atoms with Crippen molar-refractivity contribution in [3.63, 3.8) is 0 Å². The van der Waals surface area contributed by atoms with Gasteiger partial charge in [-0.15, -0.1) is 0 Å². The SMILES string of the molecule is O=C(c1cc(O)c(O)c(O)c1)N1CCCN(C(=O)c2ccccc2O)CC1. The van der Waals surface area contributed by atoms with Gasteiger partial charge in [-0.2, -0.15) is 0 Å². The smallest absolute Gasteiger partial charge is 0.257 e. The third kappa shape index (κ3) is 3.74. The second kappa shape index (κ2) is 7.45. The number of phenolic OH excluding ortho intramolecular Hbond substituents is 4. The summed E-state index contributed by atoms with van der Waals surface area (Å²) >= 11 is 0. The Labute approximate surface area is 155 Å². The number of aromatic hydroxyl groups is 4. The molecule has 1 aliphatic heterocycles. The number of phenols is 4. The maximum atomic E-state index is 12.6. The van der Waals surface area contributed by atoms with Crippen LogP contribution in [0.2, 0.25) is 0 Å². The number of nitrogens with zero attached hydrogens (tertiary/aromatic N) is 2. The van der Waals surface area contributed by atoms with Crippen LogP contribution in [0.15, 0.2) is 36.4 Å². The van der Waals surface area contributed by atoms with E-state index in [-0.39, 0.29) is 35.9 Å². The highest BCUT2D eigenvalue weighted by molar-refractivity contribution is 5.97. The predicted octanol–water partition coefficient (Wildman–Crippen LogP) is 1.50. The molecule has 0 aliphatic carbocycles. The fourth-order valence-corrected chi connectivity index (χ4v) is 3.06. The van der Waals surface area contributed by atoms with Crippen LogP contribution >= 0.6 is 0 Å². The molecule has 1 heterocycles. The average molecular weight is 372 g/mol. The lowest BCUT2D eigenvalue weighted by atomic mass is 10.1. The molecule has 2 aromatic carbocycles. The van der Waals surface area contributed by atoms with Crippen molar-refractivity contribution in [2.24, 2.45) is 0 Å². The molecule has 1 fully saturated rings. The Hall–Kier alpha value is -3.42. The zero-order valence-electron chi connectivity index (χ0n) is 14.5. The van der Waals surface area contributed by atoms with E-state index >= 15 is 0 Å². The van der Waals surface area contributed by atoms with Crippen LogP contribution in [0.1, 0.15) is 27.1 Å². The normalized spacial score (nSPS) is 14.7. The number of hydrogen-bond acceptors (Lipinski definition) is 6. The van der Waals surface area contributed by atoms with Gasteiger partial charge in [-0.05, 0) is 30.7 Å². The summed E-state index contributed by atoms with van der Waals surface area (Å²) in [6, 6.07) is 8.49. The molecule has 0 unspecified atom stereocenters. The molecular formula is C19H20N2O6. The Kier molecular flexibility index (Phi) is 5.07. The van der Waals surface area contributed by atoms with Gasteiger partial charge in [-0.1, -0.05) is 12.1 Å². The van der Waals surface area contributed by atoms with Gasteiger partial charge in [0.25, 0.3) is 11.8 Å². The number of carbonyl (C=O) groups excluding carboxylic acids is 2. The fourth-order valence-electron chi connectivity index (χ4n) is 3.06. The minimum absolute atomic E-state index is 0.0447. The summed E-state index contributed by atoms with van der Waals surface area (Å²) < 4.78 is 0. The van der Waals surface area contributed by atoms with Crippen LogP contribution in [0, 0.1) is 0 Å². The van der Waals surface area contributed by atoms with Crippen molar-refractivity contribution in [3.8, 4) is 23.0 Å². The van der Waals surface area contributed by atoms with Gasteiger partial charge >= 0.3 is 0 Å². The maximum Gasteiger partial charge on any atom is 0.257 e. The Morgan fingerprint density at radius 3 is 1.89 bits per heavy atom. The number of benzene rings is 2. The summed E-state index contributed by atoms with van der Waals surface area (Å²) in [5.41, 5.74) is 0.258. The summed E-state index contributed by atoms with van der Waals surface area (Å²) in [5, 5.41) is 38.5. The van der Waals surface area contributed by atoms with E-state index < -0.39 is 23.2 Å². The molecule has 0 saturated carbocycles. The lowest BCUT2D eigenvalue weighted by Crippen LogP contribution is -2.37. The number of carbonyl (C=O) groups is 2. The van der Waals surface area contributed by atoms with Crippen LogP contribution in [0.3, 0.4) is 0 Å². The maximum absolute atomic E-state index is 12.6. The van der Waals surface area contributed by atoms with Crippen molar-refractivity contribution in [3.05, 3.63) is 47.5 Å². The highest BCUT2D eigenvalue weighted by Gasteiger charge is 2.25. The molecule has 8 nitrogen and oxygen atoms in total. The third-order valence-corrected chi connectivity index (χ3v) is 4.52. The Morgan fingerprint density at radius 2 is 1.30 bits per heavy atom. The van der Waals surface area contributed by atoms with Crippen LogP contribution in [0.5, 0.6) is 23.0 Å². The van der Waals surface area contributed by atoms with Crippen LogP contribution < -0.4 is 0 Å². The van der Waals surface area contributed by atoms with E-state index in [2.05, 4.69) is 0 Å². The minimum atomic E-state index is -0.679. The first-order valence-corrected chi connectivity index (χ1v) is 8.50. The lowest BCUT2D eigenvalue weighted by Gasteiger charge is -2.22. The van der Waals surface area contributed by atoms with Gasteiger partial charge in [0.1, 0.15) is 5.75 Å². The van der Waals surface area contributed by atoms with Crippen LogP contribution in [-0.2, 0) is 0 Å². The van der Waals surface area contributed by atoms with Crippen molar-refractivity contribution >= 4 is 11.8 Å². The molecule has 0 atom stereocenters. The lowest BCUT2D eigenvalue weighted by molar-refractivity contribution is 0.0716. The van der Waals surface area contributed by atoms with Gasteiger partial charge < -0.3 is 30.2 Å². The van der Waals surface area contributed by atoms with Gasteiger partial charge in [-0.3, -0.25) is 9.59 Å². The summed E-state index contributed by atoms with van der Waals surface area (Å²) in [4.78, 5) is 28.4. The van der Waals surface area contributed by atoms with Crippen molar-refractivity contribution in [1.82, 2.24) is 9.80 Å². The van der Waals surface area contributed by atoms with E-state index in [1.807, 2.05) is 0 Å². The number of para-hydroxylation sites is 1. The summed E-state index contributed by atoms with van der Waals surface area (Å²) in [6.45, 7) is 1.38. The van der Waals surface area contributed by atoms with Crippen molar-refractivity contribution in [2.75, 3.05) is 26.2 Å². The molecule has 4 N–H and O–H groups in total. The largest absolute Gasteiger partial charge is 0.507 e. The number of rotatable bonds is 2. The van der Waals surface area contributed by atoms with E-state index in [4.69, 9.17) is 0 Å². The zero-order chi connectivity index (χ0) is 19.6. The van der Waals surface area contributed by atoms with Crippen LogP contribution in [0.4, 0.5) is 0 Å².